The summed E-state index contributed by atoms with van der Waals surface area (Å²) in [4.78, 5) is 23.7. The SMILES string of the molecule is CC1CCN(C(=O)NC(C)CC(=O)O)C1. The van der Waals surface area contributed by atoms with Crippen molar-refractivity contribution in [3.63, 3.8) is 0 Å². The standard InChI is InChI=1S/C10H18N2O3/c1-7-3-4-12(6-7)10(15)11-8(2)5-9(13)14/h7-8H,3-6H2,1-2H3,(H,11,15)(H,13,14). The van der Waals surface area contributed by atoms with Gasteiger partial charge < -0.3 is 15.3 Å². The Labute approximate surface area is 89.4 Å². The van der Waals surface area contributed by atoms with Gasteiger partial charge >= 0.3 is 12.0 Å². The highest BCUT2D eigenvalue weighted by Crippen LogP contribution is 2.14. The van der Waals surface area contributed by atoms with Crippen LogP contribution in [0.1, 0.15) is 26.7 Å². The molecule has 2 N–H and O–H groups in total. The molecule has 0 aromatic heterocycles. The van der Waals surface area contributed by atoms with Crippen molar-refractivity contribution in [2.75, 3.05) is 13.1 Å². The summed E-state index contributed by atoms with van der Waals surface area (Å²) in [5.74, 6) is -0.344. The van der Waals surface area contributed by atoms with Gasteiger partial charge in [-0.05, 0) is 19.3 Å². The average Bonchev–Trinajstić information content (AvgIpc) is 2.49. The molecule has 5 nitrogen and oxygen atoms in total. The lowest BCUT2D eigenvalue weighted by Gasteiger charge is -2.19. The van der Waals surface area contributed by atoms with E-state index in [0.717, 1.165) is 19.5 Å². The molecule has 0 saturated carbocycles. The summed E-state index contributed by atoms with van der Waals surface area (Å²) >= 11 is 0. The summed E-state index contributed by atoms with van der Waals surface area (Å²) in [7, 11) is 0. The normalized spacial score (nSPS) is 22.5. The Kier molecular flexibility index (Phi) is 3.94. The first-order chi connectivity index (χ1) is 6.99. The van der Waals surface area contributed by atoms with Crippen LogP contribution in [-0.4, -0.2) is 41.1 Å². The van der Waals surface area contributed by atoms with E-state index in [4.69, 9.17) is 5.11 Å². The molecule has 0 spiro atoms. The van der Waals surface area contributed by atoms with Gasteiger partial charge in [0.2, 0.25) is 0 Å². The third-order valence-corrected chi connectivity index (χ3v) is 2.56. The Morgan fingerprint density at radius 1 is 1.60 bits per heavy atom. The molecule has 5 heteroatoms. The zero-order valence-electron chi connectivity index (χ0n) is 9.19. The van der Waals surface area contributed by atoms with Crippen molar-refractivity contribution >= 4 is 12.0 Å². The molecule has 1 heterocycles. The number of likely N-dealkylation sites (tertiary alicyclic amines) is 1. The minimum Gasteiger partial charge on any atom is -0.481 e. The highest BCUT2D eigenvalue weighted by molar-refractivity contribution is 5.76. The Morgan fingerprint density at radius 2 is 2.27 bits per heavy atom. The van der Waals surface area contributed by atoms with Crippen LogP contribution in [0.3, 0.4) is 0 Å². The minimum absolute atomic E-state index is 0.0326. The number of carbonyl (C=O) groups excluding carboxylic acids is 1. The average molecular weight is 214 g/mol. The molecule has 15 heavy (non-hydrogen) atoms. The summed E-state index contributed by atoms with van der Waals surface area (Å²) in [5.41, 5.74) is 0. The number of hydrogen-bond acceptors (Lipinski definition) is 2. The number of nitrogens with one attached hydrogen (secondary N) is 1. The Morgan fingerprint density at radius 3 is 2.73 bits per heavy atom. The quantitative estimate of drug-likeness (QED) is 0.733. The van der Waals surface area contributed by atoms with Crippen molar-refractivity contribution < 1.29 is 14.7 Å². The molecular formula is C10H18N2O3. The van der Waals surface area contributed by atoms with Crippen LogP contribution in [0.5, 0.6) is 0 Å². The zero-order chi connectivity index (χ0) is 11.4. The first kappa shape index (κ1) is 11.8. The van der Waals surface area contributed by atoms with Gasteiger partial charge in [0, 0.05) is 19.1 Å². The molecule has 1 saturated heterocycles. The highest BCUT2D eigenvalue weighted by Gasteiger charge is 2.24. The molecule has 86 valence electrons. The number of amides is 2. The maximum absolute atomic E-state index is 11.6. The van der Waals surface area contributed by atoms with E-state index in [1.807, 2.05) is 0 Å². The van der Waals surface area contributed by atoms with Gasteiger partial charge in [0.1, 0.15) is 0 Å². The van der Waals surface area contributed by atoms with Gasteiger partial charge in [0.05, 0.1) is 6.42 Å². The first-order valence-electron chi connectivity index (χ1n) is 5.26. The summed E-state index contributed by atoms with van der Waals surface area (Å²) in [6, 6.07) is -0.459. The smallest absolute Gasteiger partial charge is 0.317 e. The number of carboxylic acid groups (broad SMARTS) is 1. The monoisotopic (exact) mass is 214 g/mol. The lowest BCUT2D eigenvalue weighted by atomic mass is 10.2. The maximum atomic E-state index is 11.6. The fourth-order valence-electron chi connectivity index (χ4n) is 1.73. The molecule has 0 radical (unpaired) electrons. The molecule has 1 rings (SSSR count). The molecule has 2 atom stereocenters. The molecule has 0 aromatic carbocycles. The fourth-order valence-corrected chi connectivity index (χ4v) is 1.73. The molecule has 2 amide bonds. The van der Waals surface area contributed by atoms with Crippen LogP contribution in [0.15, 0.2) is 0 Å². The topological polar surface area (TPSA) is 69.6 Å². The van der Waals surface area contributed by atoms with Crippen molar-refractivity contribution in [2.24, 2.45) is 5.92 Å². The van der Waals surface area contributed by atoms with Crippen LogP contribution in [-0.2, 0) is 4.79 Å². The number of urea groups is 1. The van der Waals surface area contributed by atoms with Gasteiger partial charge in [0.15, 0.2) is 0 Å². The molecule has 0 aromatic rings. The van der Waals surface area contributed by atoms with E-state index < -0.39 is 5.97 Å². The summed E-state index contributed by atoms with van der Waals surface area (Å²) in [6.45, 7) is 5.35. The molecule has 1 aliphatic heterocycles. The zero-order valence-corrected chi connectivity index (χ0v) is 9.19. The Balaban J connectivity index is 2.32. The van der Waals surface area contributed by atoms with Gasteiger partial charge in [0.25, 0.3) is 0 Å². The Bertz CT molecular complexity index is 255. The second-order valence-electron chi connectivity index (χ2n) is 4.29. The lowest BCUT2D eigenvalue weighted by molar-refractivity contribution is -0.137. The predicted molar refractivity (Wildman–Crippen MR) is 55.6 cm³/mol. The fraction of sp³-hybridized carbons (Fsp3) is 0.800. The number of rotatable bonds is 3. The highest BCUT2D eigenvalue weighted by atomic mass is 16.4. The van der Waals surface area contributed by atoms with Gasteiger partial charge in [-0.15, -0.1) is 0 Å². The third-order valence-electron chi connectivity index (χ3n) is 2.56. The van der Waals surface area contributed by atoms with E-state index in [0.29, 0.717) is 5.92 Å². The number of aliphatic carboxylic acids is 1. The van der Waals surface area contributed by atoms with Gasteiger partial charge in [-0.1, -0.05) is 6.92 Å². The molecule has 1 fully saturated rings. The predicted octanol–water partition coefficient (Wildman–Crippen LogP) is 0.901. The lowest BCUT2D eigenvalue weighted by Crippen LogP contribution is -2.43. The number of nitrogens with zero attached hydrogens (tertiary/aromatic N) is 1. The van der Waals surface area contributed by atoms with Crippen LogP contribution in [0.4, 0.5) is 4.79 Å². The van der Waals surface area contributed by atoms with E-state index in [1.54, 1.807) is 11.8 Å². The summed E-state index contributed by atoms with van der Waals surface area (Å²) in [6.07, 6.45) is 0.996. The van der Waals surface area contributed by atoms with Gasteiger partial charge in [-0.3, -0.25) is 4.79 Å². The number of carboxylic acids is 1. The van der Waals surface area contributed by atoms with Crippen molar-refractivity contribution in [3.05, 3.63) is 0 Å². The molecular weight excluding hydrogens is 196 g/mol. The molecule has 0 aliphatic carbocycles. The summed E-state index contributed by atoms with van der Waals surface area (Å²) < 4.78 is 0. The van der Waals surface area contributed by atoms with E-state index in [-0.39, 0.29) is 18.5 Å². The van der Waals surface area contributed by atoms with Crippen molar-refractivity contribution in [1.29, 1.82) is 0 Å². The van der Waals surface area contributed by atoms with E-state index in [9.17, 15) is 9.59 Å². The van der Waals surface area contributed by atoms with E-state index in [1.165, 1.54) is 0 Å². The van der Waals surface area contributed by atoms with E-state index >= 15 is 0 Å². The number of hydrogen-bond donors (Lipinski definition) is 2. The van der Waals surface area contributed by atoms with Gasteiger partial charge in [-0.25, -0.2) is 4.79 Å². The summed E-state index contributed by atoms with van der Waals surface area (Å²) in [5, 5.41) is 11.2. The van der Waals surface area contributed by atoms with Crippen molar-refractivity contribution in [1.82, 2.24) is 10.2 Å². The minimum atomic E-state index is -0.891. The maximum Gasteiger partial charge on any atom is 0.317 e. The number of carbonyl (C=O) groups is 2. The van der Waals surface area contributed by atoms with Gasteiger partial charge in [-0.2, -0.15) is 0 Å². The first-order valence-corrected chi connectivity index (χ1v) is 5.26. The molecule has 2 unspecified atom stereocenters. The van der Waals surface area contributed by atoms with Crippen molar-refractivity contribution in [2.45, 2.75) is 32.7 Å². The van der Waals surface area contributed by atoms with Crippen LogP contribution < -0.4 is 5.32 Å². The Hall–Kier alpha value is -1.26. The van der Waals surface area contributed by atoms with Crippen LogP contribution in [0, 0.1) is 5.92 Å². The van der Waals surface area contributed by atoms with Crippen molar-refractivity contribution in [3.8, 4) is 0 Å². The second kappa shape index (κ2) is 5.00. The second-order valence-corrected chi connectivity index (χ2v) is 4.29. The molecule has 0 bridgehead atoms. The largest absolute Gasteiger partial charge is 0.481 e. The van der Waals surface area contributed by atoms with E-state index in [2.05, 4.69) is 12.2 Å². The van der Waals surface area contributed by atoms with Crippen LogP contribution in [0.25, 0.3) is 0 Å². The van der Waals surface area contributed by atoms with Crippen LogP contribution >= 0.6 is 0 Å². The molecule has 1 aliphatic rings. The third kappa shape index (κ3) is 3.77. The van der Waals surface area contributed by atoms with Crippen LogP contribution in [0.2, 0.25) is 0 Å².